The predicted molar refractivity (Wildman–Crippen MR) is 132 cm³/mol. The number of Topliss-reactive ketones (excluding diaryl/α,β-unsaturated/α-hetero) is 1. The molecule has 0 unspecified atom stereocenters. The highest BCUT2D eigenvalue weighted by Gasteiger charge is 2.41. The largest absolute Gasteiger partial charge is 0.486 e. The van der Waals surface area contributed by atoms with Gasteiger partial charge in [-0.3, -0.25) is 9.78 Å². The van der Waals surface area contributed by atoms with Gasteiger partial charge in [0.2, 0.25) is 0 Å². The summed E-state index contributed by atoms with van der Waals surface area (Å²) in [5.41, 5.74) is 12.6. The number of carbonyl (C=O) groups is 1. The number of aromatic nitrogens is 1. The number of nitrogens with two attached hydrogens (primary N) is 1. The smallest absolute Gasteiger partial charge is 0.170 e. The molecule has 168 valence electrons. The molecule has 0 radical (unpaired) electrons. The first-order chi connectivity index (χ1) is 16.0. The molecule has 0 amide bonds. The molecule has 1 aromatic carbocycles. The van der Waals surface area contributed by atoms with Crippen molar-refractivity contribution in [3.05, 3.63) is 95.4 Å². The van der Waals surface area contributed by atoms with Crippen molar-refractivity contribution in [2.24, 2.45) is 5.73 Å². The van der Waals surface area contributed by atoms with Gasteiger partial charge in [-0.05, 0) is 54.9 Å². The number of hydrogen-bond donors (Lipinski definition) is 2. The van der Waals surface area contributed by atoms with Gasteiger partial charge in [-0.25, -0.2) is 0 Å². The number of ether oxygens (including phenoxy) is 1. The third-order valence-corrected chi connectivity index (χ3v) is 6.76. The van der Waals surface area contributed by atoms with Crippen LogP contribution in [-0.2, 0) is 0 Å². The highest BCUT2D eigenvalue weighted by Crippen LogP contribution is 2.42. The summed E-state index contributed by atoms with van der Waals surface area (Å²) in [6.45, 7) is 7.56. The molecule has 5 nitrogen and oxygen atoms in total. The van der Waals surface area contributed by atoms with Gasteiger partial charge < -0.3 is 15.8 Å². The van der Waals surface area contributed by atoms with Crippen LogP contribution in [0, 0.1) is 0 Å². The second-order valence-corrected chi connectivity index (χ2v) is 8.97. The fourth-order valence-electron chi connectivity index (χ4n) is 5.09. The lowest BCUT2D eigenvalue weighted by Crippen LogP contribution is -2.49. The summed E-state index contributed by atoms with van der Waals surface area (Å²) >= 11 is 0. The monoisotopic (exact) mass is 439 g/mol. The molecular weight excluding hydrogens is 410 g/mol. The van der Waals surface area contributed by atoms with Gasteiger partial charge >= 0.3 is 0 Å². The first-order valence-corrected chi connectivity index (χ1v) is 11.5. The molecule has 1 saturated heterocycles. The van der Waals surface area contributed by atoms with Crippen LogP contribution in [0.2, 0.25) is 0 Å². The molecule has 3 N–H and O–H groups in total. The molecule has 3 heterocycles. The second-order valence-electron chi connectivity index (χ2n) is 8.97. The Morgan fingerprint density at radius 3 is 2.85 bits per heavy atom. The maximum atomic E-state index is 12.9. The lowest BCUT2D eigenvalue weighted by atomic mass is 9.82. The third kappa shape index (κ3) is 3.88. The van der Waals surface area contributed by atoms with Crippen LogP contribution in [0.25, 0.3) is 11.1 Å². The topological polar surface area (TPSA) is 77.2 Å². The highest BCUT2D eigenvalue weighted by atomic mass is 16.5. The van der Waals surface area contributed by atoms with E-state index in [1.807, 2.05) is 55.6 Å². The number of pyridine rings is 1. The number of nitrogens with zero attached hydrogens (tertiary/aromatic N) is 1. The zero-order valence-electron chi connectivity index (χ0n) is 18.9. The summed E-state index contributed by atoms with van der Waals surface area (Å²) < 4.78 is 6.51. The summed E-state index contributed by atoms with van der Waals surface area (Å²) in [6, 6.07) is 7.75. The van der Waals surface area contributed by atoms with Gasteiger partial charge in [-0.1, -0.05) is 43.0 Å². The molecule has 5 heteroatoms. The van der Waals surface area contributed by atoms with Crippen molar-refractivity contribution < 1.29 is 9.53 Å². The Balaban J connectivity index is 1.54. The number of fused-ring (bicyclic) bond motifs is 2. The number of hydrogen-bond acceptors (Lipinski definition) is 5. The van der Waals surface area contributed by atoms with Crippen molar-refractivity contribution in [2.75, 3.05) is 13.1 Å². The molecule has 0 bridgehead atoms. The van der Waals surface area contributed by atoms with Crippen LogP contribution in [0.5, 0.6) is 5.75 Å². The zero-order valence-corrected chi connectivity index (χ0v) is 18.9. The summed E-state index contributed by atoms with van der Waals surface area (Å²) in [4.78, 5) is 17.6. The van der Waals surface area contributed by atoms with Gasteiger partial charge in [0.25, 0.3) is 0 Å². The van der Waals surface area contributed by atoms with E-state index in [0.717, 1.165) is 59.5 Å². The number of benzene rings is 1. The minimum absolute atomic E-state index is 0.164. The average Bonchev–Trinajstić information content (AvgIpc) is 3.15. The first-order valence-electron chi connectivity index (χ1n) is 11.5. The van der Waals surface area contributed by atoms with Crippen molar-refractivity contribution in [3.8, 4) is 5.75 Å². The Kier molecular flexibility index (Phi) is 5.60. The van der Waals surface area contributed by atoms with Crippen LogP contribution >= 0.6 is 0 Å². The molecule has 5 rings (SSSR count). The Labute approximate surface area is 194 Å². The lowest BCUT2D eigenvalue weighted by Gasteiger charge is -2.41. The lowest BCUT2D eigenvalue weighted by molar-refractivity contribution is 0.0187. The van der Waals surface area contributed by atoms with Crippen LogP contribution in [0.15, 0.2) is 67.4 Å². The van der Waals surface area contributed by atoms with Crippen molar-refractivity contribution >= 4 is 16.9 Å². The molecule has 2 aliphatic heterocycles. The van der Waals surface area contributed by atoms with Crippen molar-refractivity contribution in [1.82, 2.24) is 10.3 Å². The molecule has 1 fully saturated rings. The van der Waals surface area contributed by atoms with E-state index in [1.54, 1.807) is 6.08 Å². The summed E-state index contributed by atoms with van der Waals surface area (Å²) in [6.07, 6.45) is 13.8. The van der Waals surface area contributed by atoms with E-state index in [-0.39, 0.29) is 11.8 Å². The number of ketones is 1. The van der Waals surface area contributed by atoms with Crippen molar-refractivity contribution in [2.45, 2.75) is 37.8 Å². The number of allylic oxidation sites excluding steroid dienone is 5. The molecule has 0 saturated carbocycles. The molecule has 3 aliphatic rings. The van der Waals surface area contributed by atoms with E-state index in [9.17, 15) is 4.79 Å². The quantitative estimate of drug-likeness (QED) is 0.672. The van der Waals surface area contributed by atoms with E-state index in [2.05, 4.69) is 18.0 Å². The van der Waals surface area contributed by atoms with E-state index in [1.165, 1.54) is 0 Å². The van der Waals surface area contributed by atoms with Crippen LogP contribution in [0.3, 0.4) is 0 Å². The maximum Gasteiger partial charge on any atom is 0.170 e. The number of nitrogens with one attached hydrogen (secondary N) is 1. The van der Waals surface area contributed by atoms with Crippen molar-refractivity contribution in [3.63, 3.8) is 0 Å². The van der Waals surface area contributed by atoms with E-state index in [0.29, 0.717) is 17.7 Å². The molecule has 1 aromatic heterocycles. The van der Waals surface area contributed by atoms with Gasteiger partial charge in [-0.2, -0.15) is 0 Å². The average molecular weight is 440 g/mol. The fourth-order valence-corrected chi connectivity index (χ4v) is 5.09. The zero-order chi connectivity index (χ0) is 23.0. The number of piperidine rings is 1. The molecule has 33 heavy (non-hydrogen) atoms. The first kappa shape index (κ1) is 21.6. The van der Waals surface area contributed by atoms with E-state index in [4.69, 9.17) is 15.5 Å². The van der Waals surface area contributed by atoms with Gasteiger partial charge in [0.05, 0.1) is 23.7 Å². The predicted octanol–water partition coefficient (Wildman–Crippen LogP) is 4.76. The van der Waals surface area contributed by atoms with Crippen LogP contribution < -0.4 is 15.8 Å². The highest BCUT2D eigenvalue weighted by molar-refractivity contribution is 6.01. The standard InChI is InChI=1S/C28H29N3O2/c1-3-5-18(6-4-2)20-13-23-22(15-24(29)27(23)31-17-20)19-7-8-21-25(32)16-28(33-26(21)14-19)9-11-30-12-10-28/h3-8,13-15,17,24,30H,1,9-12,16,29H2,2H3/b6-4-,18-5+/t24-/m0/s1. The second kappa shape index (κ2) is 8.58. The number of carbonyl (C=O) groups excluding carboxylic acids is 1. The Bertz CT molecular complexity index is 1220. The van der Waals surface area contributed by atoms with E-state index < -0.39 is 5.60 Å². The van der Waals surface area contributed by atoms with Crippen LogP contribution in [0.4, 0.5) is 0 Å². The van der Waals surface area contributed by atoms with Gasteiger partial charge in [0.1, 0.15) is 11.4 Å². The van der Waals surface area contributed by atoms with Gasteiger partial charge in [0.15, 0.2) is 5.78 Å². The van der Waals surface area contributed by atoms with Crippen LogP contribution in [-0.4, -0.2) is 29.5 Å². The minimum atomic E-state index is -0.391. The van der Waals surface area contributed by atoms with Gasteiger partial charge in [0, 0.05) is 30.2 Å². The van der Waals surface area contributed by atoms with E-state index >= 15 is 0 Å². The summed E-state index contributed by atoms with van der Waals surface area (Å²) in [5, 5.41) is 3.36. The molecule has 1 aliphatic carbocycles. The summed E-state index contributed by atoms with van der Waals surface area (Å²) in [7, 11) is 0. The van der Waals surface area contributed by atoms with Crippen molar-refractivity contribution in [1.29, 1.82) is 0 Å². The minimum Gasteiger partial charge on any atom is -0.486 e. The normalized spacial score (nSPS) is 21.5. The van der Waals surface area contributed by atoms with Crippen LogP contribution in [0.1, 0.15) is 65.0 Å². The number of rotatable bonds is 4. The molecular formula is C28H29N3O2. The Hall–Kier alpha value is -3.28. The molecule has 1 spiro atoms. The Morgan fingerprint density at radius 1 is 1.27 bits per heavy atom. The molecule has 2 aromatic rings. The SMILES string of the molecule is C=C/C=C(\C=C/C)c1cnc2c(c1)C(c1ccc3c(c1)OC1(CCNCC1)CC3=O)=C[C@@H]2N. The van der Waals surface area contributed by atoms with Gasteiger partial charge in [-0.15, -0.1) is 0 Å². The summed E-state index contributed by atoms with van der Waals surface area (Å²) in [5.74, 6) is 0.843. The fraction of sp³-hybridized carbons (Fsp3) is 0.286. The maximum absolute atomic E-state index is 12.9. The molecule has 1 atom stereocenters. The third-order valence-electron chi connectivity index (χ3n) is 6.76. The Morgan fingerprint density at radius 2 is 2.09 bits per heavy atom.